The van der Waals surface area contributed by atoms with Gasteiger partial charge in [-0.05, 0) is 38.3 Å². The molecule has 0 bridgehead atoms. The summed E-state index contributed by atoms with van der Waals surface area (Å²) in [6, 6.07) is 6.04. The van der Waals surface area contributed by atoms with Gasteiger partial charge in [0.15, 0.2) is 11.8 Å². The smallest absolute Gasteiger partial charge is 0.276 e. The molecule has 2 heterocycles. The van der Waals surface area contributed by atoms with Crippen molar-refractivity contribution in [3.8, 4) is 11.6 Å². The number of nitrogens with zero attached hydrogens (tertiary/aromatic N) is 4. The van der Waals surface area contributed by atoms with Gasteiger partial charge in [0, 0.05) is 44.3 Å². The average molecular weight is 384 g/mol. The minimum atomic E-state index is 0.304. The van der Waals surface area contributed by atoms with E-state index >= 15 is 0 Å². The van der Waals surface area contributed by atoms with E-state index in [-0.39, 0.29) is 0 Å². The van der Waals surface area contributed by atoms with Crippen LogP contribution in [0.5, 0.6) is 0 Å². The van der Waals surface area contributed by atoms with Crippen molar-refractivity contribution in [3.05, 3.63) is 30.2 Å². The molecule has 2 aliphatic carbocycles. The number of nitrogens with one attached hydrogen (secondary N) is 2. The van der Waals surface area contributed by atoms with Crippen LogP contribution in [-0.4, -0.2) is 53.4 Å². The Morgan fingerprint density at radius 1 is 1.39 bits per heavy atom. The molecular formula is C20H28N6O2. The van der Waals surface area contributed by atoms with E-state index in [1.165, 1.54) is 19.3 Å². The van der Waals surface area contributed by atoms with Crippen LogP contribution in [0.1, 0.15) is 38.4 Å². The highest BCUT2D eigenvalue weighted by molar-refractivity contribution is 5.80. The van der Waals surface area contributed by atoms with Crippen molar-refractivity contribution in [2.75, 3.05) is 20.2 Å². The highest BCUT2D eigenvalue weighted by Crippen LogP contribution is 2.57. The van der Waals surface area contributed by atoms with Crippen molar-refractivity contribution in [2.45, 2.75) is 51.2 Å². The van der Waals surface area contributed by atoms with E-state index in [2.05, 4.69) is 37.7 Å². The van der Waals surface area contributed by atoms with Crippen molar-refractivity contribution in [3.63, 3.8) is 0 Å². The molecular weight excluding hydrogens is 356 g/mol. The van der Waals surface area contributed by atoms with Gasteiger partial charge in [0.1, 0.15) is 5.69 Å². The zero-order valence-electron chi connectivity index (χ0n) is 16.5. The number of hydrogen-bond donors (Lipinski definition) is 2. The largest absolute Gasteiger partial charge is 0.378 e. The summed E-state index contributed by atoms with van der Waals surface area (Å²) in [6.07, 6.45) is 7.58. The van der Waals surface area contributed by atoms with Crippen LogP contribution >= 0.6 is 0 Å². The number of ether oxygens (including phenoxy) is 1. The van der Waals surface area contributed by atoms with Gasteiger partial charge in [-0.2, -0.15) is 4.98 Å². The number of guanidine groups is 1. The molecule has 4 rings (SSSR count). The Bertz CT molecular complexity index is 802. The zero-order valence-corrected chi connectivity index (χ0v) is 16.5. The van der Waals surface area contributed by atoms with E-state index in [4.69, 9.17) is 9.26 Å². The maximum absolute atomic E-state index is 5.93. The monoisotopic (exact) mass is 384 g/mol. The second-order valence-electron chi connectivity index (χ2n) is 7.44. The molecule has 0 amide bonds. The molecule has 2 aromatic rings. The van der Waals surface area contributed by atoms with E-state index in [0.29, 0.717) is 47.9 Å². The fraction of sp³-hybridized carbons (Fsp3) is 0.600. The van der Waals surface area contributed by atoms with E-state index in [1.54, 1.807) is 13.2 Å². The number of pyridine rings is 1. The van der Waals surface area contributed by atoms with Crippen LogP contribution in [0.15, 0.2) is 33.9 Å². The SMILES string of the molecule is CCOC1CC(NC(=NC)NCCc2noc(-c3ccccn3)n2)C12CCC2. The van der Waals surface area contributed by atoms with Crippen molar-refractivity contribution in [1.82, 2.24) is 25.8 Å². The Balaban J connectivity index is 1.26. The molecule has 2 aromatic heterocycles. The number of aromatic nitrogens is 3. The first-order valence-corrected chi connectivity index (χ1v) is 10.1. The van der Waals surface area contributed by atoms with Gasteiger partial charge in [0.05, 0.1) is 6.10 Å². The summed E-state index contributed by atoms with van der Waals surface area (Å²) < 4.78 is 11.2. The van der Waals surface area contributed by atoms with Gasteiger partial charge < -0.3 is 19.9 Å². The second-order valence-corrected chi connectivity index (χ2v) is 7.44. The lowest BCUT2D eigenvalue weighted by Gasteiger charge is -2.61. The lowest BCUT2D eigenvalue weighted by molar-refractivity contribution is -0.168. The maximum atomic E-state index is 5.93. The van der Waals surface area contributed by atoms with Crippen LogP contribution in [0.3, 0.4) is 0 Å². The number of aliphatic imine (C=N–C) groups is 1. The van der Waals surface area contributed by atoms with Crippen LogP contribution in [0.2, 0.25) is 0 Å². The Morgan fingerprint density at radius 2 is 2.29 bits per heavy atom. The second kappa shape index (κ2) is 8.26. The minimum absolute atomic E-state index is 0.304. The van der Waals surface area contributed by atoms with Crippen molar-refractivity contribution < 1.29 is 9.26 Å². The predicted octanol–water partition coefficient (Wildman–Crippen LogP) is 2.19. The van der Waals surface area contributed by atoms with E-state index in [0.717, 1.165) is 19.0 Å². The van der Waals surface area contributed by atoms with E-state index in [1.807, 2.05) is 18.2 Å². The molecule has 2 fully saturated rings. The molecule has 2 unspecified atom stereocenters. The summed E-state index contributed by atoms with van der Waals surface area (Å²) in [7, 11) is 1.80. The Kier molecular flexibility index (Phi) is 5.57. The lowest BCUT2D eigenvalue weighted by Crippen LogP contribution is -2.68. The van der Waals surface area contributed by atoms with Gasteiger partial charge in [-0.1, -0.05) is 17.6 Å². The number of hydrogen-bond acceptors (Lipinski definition) is 6. The predicted molar refractivity (Wildman–Crippen MR) is 106 cm³/mol. The van der Waals surface area contributed by atoms with Crippen LogP contribution in [-0.2, 0) is 11.2 Å². The zero-order chi connectivity index (χ0) is 19.4. The molecule has 2 aliphatic rings. The quantitative estimate of drug-likeness (QED) is 0.558. The summed E-state index contributed by atoms with van der Waals surface area (Å²) in [5, 5.41) is 11.0. The molecule has 0 aliphatic heterocycles. The van der Waals surface area contributed by atoms with Gasteiger partial charge in [-0.15, -0.1) is 0 Å². The van der Waals surface area contributed by atoms with Crippen LogP contribution < -0.4 is 10.6 Å². The van der Waals surface area contributed by atoms with Gasteiger partial charge in [0.25, 0.3) is 5.89 Å². The third-order valence-corrected chi connectivity index (χ3v) is 5.97. The van der Waals surface area contributed by atoms with Gasteiger partial charge in [-0.3, -0.25) is 9.98 Å². The lowest BCUT2D eigenvalue weighted by atomic mass is 9.51. The van der Waals surface area contributed by atoms with Crippen LogP contribution in [0.25, 0.3) is 11.6 Å². The number of rotatable bonds is 7. The van der Waals surface area contributed by atoms with Crippen LogP contribution in [0.4, 0.5) is 0 Å². The third kappa shape index (κ3) is 3.61. The average Bonchev–Trinajstić information content (AvgIpc) is 3.14. The molecule has 1 spiro atoms. The Labute approximate surface area is 165 Å². The molecule has 2 N–H and O–H groups in total. The summed E-state index contributed by atoms with van der Waals surface area (Å²) in [6.45, 7) is 3.54. The minimum Gasteiger partial charge on any atom is -0.378 e. The first-order chi connectivity index (χ1) is 13.7. The van der Waals surface area contributed by atoms with Crippen molar-refractivity contribution in [1.29, 1.82) is 0 Å². The summed E-state index contributed by atoms with van der Waals surface area (Å²) in [4.78, 5) is 13.0. The first kappa shape index (κ1) is 18.9. The fourth-order valence-corrected chi connectivity index (χ4v) is 4.24. The molecule has 0 saturated heterocycles. The maximum Gasteiger partial charge on any atom is 0.276 e. The summed E-state index contributed by atoms with van der Waals surface area (Å²) in [5.74, 6) is 1.92. The topological polar surface area (TPSA) is 97.5 Å². The van der Waals surface area contributed by atoms with Gasteiger partial charge in [0.2, 0.25) is 0 Å². The molecule has 0 aromatic carbocycles. The van der Waals surface area contributed by atoms with Gasteiger partial charge in [-0.25, -0.2) is 0 Å². The van der Waals surface area contributed by atoms with E-state index < -0.39 is 0 Å². The fourth-order valence-electron chi connectivity index (χ4n) is 4.24. The molecule has 2 saturated carbocycles. The molecule has 8 heteroatoms. The van der Waals surface area contributed by atoms with Gasteiger partial charge >= 0.3 is 0 Å². The molecule has 2 atom stereocenters. The van der Waals surface area contributed by atoms with E-state index in [9.17, 15) is 0 Å². The standard InChI is InChI=1S/C20H28N6O2/c1-3-27-16-13-15(20(16)9-6-10-20)24-19(21-2)23-12-8-17-25-18(28-26-17)14-7-4-5-11-22-14/h4-5,7,11,15-16H,3,6,8-10,12-13H2,1-2H3,(H2,21,23,24). The summed E-state index contributed by atoms with van der Waals surface area (Å²) in [5.41, 5.74) is 0.991. The molecule has 8 nitrogen and oxygen atoms in total. The highest BCUT2D eigenvalue weighted by Gasteiger charge is 2.59. The highest BCUT2D eigenvalue weighted by atomic mass is 16.5. The molecule has 150 valence electrons. The Hall–Kier alpha value is -2.48. The first-order valence-electron chi connectivity index (χ1n) is 10.1. The third-order valence-electron chi connectivity index (χ3n) is 5.97. The normalized spacial score (nSPS) is 23.1. The summed E-state index contributed by atoms with van der Waals surface area (Å²) >= 11 is 0. The molecule has 28 heavy (non-hydrogen) atoms. The molecule has 0 radical (unpaired) electrons. The van der Waals surface area contributed by atoms with Crippen molar-refractivity contribution in [2.24, 2.45) is 10.4 Å². The van der Waals surface area contributed by atoms with Crippen LogP contribution in [0, 0.1) is 5.41 Å². The Morgan fingerprint density at radius 3 is 2.96 bits per heavy atom. The van der Waals surface area contributed by atoms with Crippen molar-refractivity contribution >= 4 is 5.96 Å².